The third-order valence-electron chi connectivity index (χ3n) is 2.58. The maximum absolute atomic E-state index is 11.4. The lowest BCUT2D eigenvalue weighted by Crippen LogP contribution is -2.58. The summed E-state index contributed by atoms with van der Waals surface area (Å²) >= 11 is 4.43. The highest BCUT2D eigenvalue weighted by Crippen LogP contribution is 2.25. The molecule has 15 heavy (non-hydrogen) atoms. The monoisotopic (exact) mass is 228 g/mol. The van der Waals surface area contributed by atoms with Crippen LogP contribution in [0, 0.1) is 0 Å². The first kappa shape index (κ1) is 11.8. The molecule has 0 spiro atoms. The number of carbonyl (C=O) groups is 4. The molecule has 1 atom stereocenters. The fourth-order valence-corrected chi connectivity index (χ4v) is 1.70. The van der Waals surface area contributed by atoms with Crippen LogP contribution < -0.4 is 0 Å². The Labute approximate surface area is 92.2 Å². The quantitative estimate of drug-likeness (QED) is 0.372. The van der Waals surface area contributed by atoms with E-state index in [0.29, 0.717) is 4.90 Å². The van der Waals surface area contributed by atoms with Gasteiger partial charge in [0.1, 0.15) is 5.54 Å². The Morgan fingerprint density at radius 2 is 1.67 bits per heavy atom. The maximum Gasteiger partial charge on any atom is 0.230 e. The second-order valence-electron chi connectivity index (χ2n) is 3.54. The van der Waals surface area contributed by atoms with Crippen molar-refractivity contribution in [1.29, 1.82) is 0 Å². The summed E-state index contributed by atoms with van der Waals surface area (Å²) in [7, 11) is 0. The molecule has 1 aliphatic heterocycles. The molecule has 0 aromatic heterocycles. The lowest BCUT2D eigenvalue weighted by molar-refractivity contribution is -0.154. The normalized spacial score (nSPS) is 20.3. The average molecular weight is 228 g/mol. The third kappa shape index (κ3) is 1.65. The molecular weight excluding hydrogens is 218 g/mol. The van der Waals surface area contributed by atoms with Crippen molar-refractivity contribution in [2.75, 3.05) is 0 Å². The molecule has 82 valence electrons. The number of hydrogen-bond acceptors (Lipinski definition) is 5. The largest absolute Gasteiger partial charge is 0.739 e. The number of rotatable bonds is 3. The minimum atomic E-state index is -1.81. The van der Waals surface area contributed by atoms with E-state index in [-0.39, 0.29) is 12.8 Å². The van der Waals surface area contributed by atoms with Gasteiger partial charge in [0.15, 0.2) is 5.78 Å². The molecule has 1 fully saturated rings. The molecule has 2 amide bonds. The standard InChI is InChI=1S/C9H11NO4S/c1-5(11)9(2,8(14)15)10-6(12)3-4-7(10)13/h3-4H2,1-2H3,(H,14,15)/p-1. The Balaban J connectivity index is 3.21. The Morgan fingerprint density at radius 1 is 1.27 bits per heavy atom. The highest BCUT2D eigenvalue weighted by Gasteiger charge is 2.47. The number of ketones is 1. The van der Waals surface area contributed by atoms with Crippen LogP contribution in [0.3, 0.4) is 0 Å². The zero-order chi connectivity index (χ0) is 11.8. The van der Waals surface area contributed by atoms with Gasteiger partial charge in [0, 0.05) is 18.0 Å². The van der Waals surface area contributed by atoms with Crippen molar-refractivity contribution in [2.24, 2.45) is 0 Å². The van der Waals surface area contributed by atoms with Gasteiger partial charge in [-0.1, -0.05) is 0 Å². The maximum atomic E-state index is 11.4. The molecule has 0 aromatic carbocycles. The molecule has 1 aliphatic rings. The second kappa shape index (κ2) is 3.69. The molecule has 0 saturated carbocycles. The van der Waals surface area contributed by atoms with Crippen LogP contribution >= 0.6 is 0 Å². The first-order valence-electron chi connectivity index (χ1n) is 4.40. The number of Topliss-reactive ketones (excluding diaryl/α,β-unsaturated/α-hetero) is 1. The van der Waals surface area contributed by atoms with Crippen LogP contribution in [0.25, 0.3) is 0 Å². The summed E-state index contributed by atoms with van der Waals surface area (Å²) in [6, 6.07) is 0. The average Bonchev–Trinajstić information content (AvgIpc) is 2.44. The van der Waals surface area contributed by atoms with E-state index in [2.05, 4.69) is 12.6 Å². The lowest BCUT2D eigenvalue weighted by atomic mass is 9.97. The molecule has 0 N–H and O–H groups in total. The molecule has 0 aromatic rings. The van der Waals surface area contributed by atoms with E-state index in [9.17, 15) is 19.2 Å². The van der Waals surface area contributed by atoms with Crippen molar-refractivity contribution in [1.82, 2.24) is 4.90 Å². The van der Waals surface area contributed by atoms with E-state index in [1.807, 2.05) is 0 Å². The number of imide groups is 1. The molecule has 5 nitrogen and oxygen atoms in total. The topological polar surface area (TPSA) is 71.5 Å². The predicted octanol–water partition coefficient (Wildman–Crippen LogP) is -0.443. The first-order chi connectivity index (χ1) is 6.81. The zero-order valence-corrected chi connectivity index (χ0v) is 9.22. The highest BCUT2D eigenvalue weighted by molar-refractivity contribution is 7.77. The number of amides is 2. The lowest BCUT2D eigenvalue weighted by Gasteiger charge is -2.36. The van der Waals surface area contributed by atoms with Gasteiger partial charge in [0.25, 0.3) is 0 Å². The molecule has 0 radical (unpaired) electrons. The van der Waals surface area contributed by atoms with Crippen molar-refractivity contribution in [3.05, 3.63) is 0 Å². The van der Waals surface area contributed by atoms with Gasteiger partial charge in [-0.25, -0.2) is 0 Å². The zero-order valence-electron chi connectivity index (χ0n) is 8.40. The minimum Gasteiger partial charge on any atom is -0.739 e. The van der Waals surface area contributed by atoms with E-state index >= 15 is 0 Å². The van der Waals surface area contributed by atoms with Gasteiger partial charge >= 0.3 is 0 Å². The number of carbonyl (C=O) groups excluding carboxylic acids is 4. The van der Waals surface area contributed by atoms with Gasteiger partial charge in [-0.05, 0) is 13.8 Å². The molecule has 1 unspecified atom stereocenters. The van der Waals surface area contributed by atoms with E-state index < -0.39 is 28.3 Å². The number of hydrogen-bond donors (Lipinski definition) is 0. The van der Waals surface area contributed by atoms with Gasteiger partial charge in [-0.15, -0.1) is 0 Å². The van der Waals surface area contributed by atoms with Gasteiger partial charge in [-0.2, -0.15) is 0 Å². The van der Waals surface area contributed by atoms with Crippen LogP contribution in [0.4, 0.5) is 0 Å². The summed E-state index contributed by atoms with van der Waals surface area (Å²) < 4.78 is 0. The fourth-order valence-electron chi connectivity index (χ4n) is 1.47. The van der Waals surface area contributed by atoms with Gasteiger partial charge in [0.2, 0.25) is 11.8 Å². The van der Waals surface area contributed by atoms with Gasteiger partial charge in [-0.3, -0.25) is 19.3 Å². The van der Waals surface area contributed by atoms with E-state index in [0.717, 1.165) is 6.92 Å². The molecule has 0 aliphatic carbocycles. The molecular formula is C9H10NO4S-. The second-order valence-corrected chi connectivity index (χ2v) is 3.91. The Morgan fingerprint density at radius 3 is 1.93 bits per heavy atom. The summed E-state index contributed by atoms with van der Waals surface area (Å²) in [5.41, 5.74) is -1.81. The fraction of sp³-hybridized carbons (Fsp3) is 0.556. The first-order valence-corrected chi connectivity index (χ1v) is 4.81. The van der Waals surface area contributed by atoms with Crippen LogP contribution in [0.15, 0.2) is 0 Å². The molecule has 6 heteroatoms. The summed E-state index contributed by atoms with van der Waals surface area (Å²) in [5.74, 6) is -1.63. The Bertz CT molecular complexity index is 329. The van der Waals surface area contributed by atoms with Crippen molar-refractivity contribution in [3.63, 3.8) is 0 Å². The predicted molar refractivity (Wildman–Crippen MR) is 52.5 cm³/mol. The smallest absolute Gasteiger partial charge is 0.230 e. The van der Waals surface area contributed by atoms with Crippen LogP contribution in [0.5, 0.6) is 0 Å². The van der Waals surface area contributed by atoms with Gasteiger partial charge < -0.3 is 17.4 Å². The van der Waals surface area contributed by atoms with Crippen molar-refractivity contribution in [3.8, 4) is 0 Å². The van der Waals surface area contributed by atoms with Crippen LogP contribution in [-0.2, 0) is 31.8 Å². The van der Waals surface area contributed by atoms with Crippen molar-refractivity contribution in [2.45, 2.75) is 32.2 Å². The Kier molecular flexibility index (Phi) is 2.90. The minimum absolute atomic E-state index is 0.0321. The molecule has 0 bridgehead atoms. The highest BCUT2D eigenvalue weighted by atomic mass is 32.1. The van der Waals surface area contributed by atoms with Crippen LogP contribution in [-0.4, -0.2) is 33.2 Å². The van der Waals surface area contributed by atoms with Crippen molar-refractivity contribution >= 4 is 35.3 Å². The van der Waals surface area contributed by atoms with Crippen LogP contribution in [0.2, 0.25) is 0 Å². The molecule has 1 saturated heterocycles. The van der Waals surface area contributed by atoms with Gasteiger partial charge in [0.05, 0.1) is 0 Å². The van der Waals surface area contributed by atoms with E-state index in [1.54, 1.807) is 0 Å². The van der Waals surface area contributed by atoms with Crippen molar-refractivity contribution < 1.29 is 19.2 Å². The summed E-state index contributed by atoms with van der Waals surface area (Å²) in [4.78, 5) is 46.1. The summed E-state index contributed by atoms with van der Waals surface area (Å²) in [5, 5.41) is -0.904. The SMILES string of the molecule is CC(=O)C(C)(C(=O)[S-])N1C(=O)CCC1=O. The number of likely N-dealkylation sites (tertiary alicyclic amines) is 1. The Hall–Kier alpha value is -1.30. The number of nitrogens with zero attached hydrogens (tertiary/aromatic N) is 1. The summed E-state index contributed by atoms with van der Waals surface area (Å²) in [6.45, 7) is 2.36. The molecule has 1 rings (SSSR count). The third-order valence-corrected chi connectivity index (χ3v) is 2.98. The van der Waals surface area contributed by atoms with E-state index in [1.165, 1.54) is 6.92 Å². The molecule has 1 heterocycles. The summed E-state index contributed by atoms with van der Waals surface area (Å²) in [6.07, 6.45) is 0.0641. The van der Waals surface area contributed by atoms with E-state index in [4.69, 9.17) is 0 Å². The van der Waals surface area contributed by atoms with Crippen LogP contribution in [0.1, 0.15) is 26.7 Å².